The minimum Gasteiger partial charge on any atom is -0.355 e. The molecule has 0 unspecified atom stereocenters. The number of hydrogen-bond acceptors (Lipinski definition) is 2. The molecule has 0 aromatic carbocycles. The number of amides is 1. The van der Waals surface area contributed by atoms with Crippen LogP contribution in [0.3, 0.4) is 0 Å². The van der Waals surface area contributed by atoms with Crippen molar-refractivity contribution in [2.75, 3.05) is 7.05 Å². The summed E-state index contributed by atoms with van der Waals surface area (Å²) in [5, 5.41) is 9.33. The van der Waals surface area contributed by atoms with Gasteiger partial charge in [0.05, 0.1) is 5.57 Å². The Morgan fingerprint density at radius 3 is 2.10 bits per heavy atom. The summed E-state index contributed by atoms with van der Waals surface area (Å²) in [5.41, 5.74) is 1.29. The van der Waals surface area contributed by atoms with Crippen LogP contribution in [0, 0.1) is 5.41 Å². The molecule has 0 radical (unpaired) electrons. The van der Waals surface area contributed by atoms with Gasteiger partial charge < -0.3 is 10.7 Å². The smallest absolute Gasteiger partial charge is 0.252 e. The van der Waals surface area contributed by atoms with E-state index in [-0.39, 0.29) is 5.91 Å². The molecule has 0 bridgehead atoms. The first-order valence-electron chi connectivity index (χ1n) is 3.03. The van der Waals surface area contributed by atoms with Crippen LogP contribution >= 0.6 is 0 Å². The lowest BCUT2D eigenvalue weighted by molar-refractivity contribution is -0.116. The fourth-order valence-electron chi connectivity index (χ4n) is 0.572. The number of allylic oxidation sites excluding steroid dienone is 1. The molecule has 0 rings (SSSR count). The number of carbonyl (C=O) groups excluding carboxylic acids is 1. The lowest BCUT2D eigenvalue weighted by atomic mass is 10.1. The zero-order valence-electron chi connectivity index (χ0n) is 6.49. The van der Waals surface area contributed by atoms with E-state index in [0.717, 1.165) is 11.8 Å². The highest BCUT2D eigenvalue weighted by atomic mass is 16.1. The predicted octanol–water partition coefficient (Wildman–Crippen LogP) is 0.718. The zero-order chi connectivity index (χ0) is 8.15. The van der Waals surface area contributed by atoms with Crippen molar-refractivity contribution >= 4 is 12.1 Å². The molecule has 0 saturated carbocycles. The highest BCUT2D eigenvalue weighted by Gasteiger charge is 2.03. The molecule has 0 aliphatic carbocycles. The molecule has 56 valence electrons. The number of nitrogens with one attached hydrogen (secondary N) is 2. The minimum absolute atomic E-state index is 0.199. The van der Waals surface area contributed by atoms with Crippen molar-refractivity contribution in [2.24, 2.45) is 0 Å². The normalized spacial score (nSPS) is 8.30. The Hall–Kier alpha value is -1.12. The zero-order valence-corrected chi connectivity index (χ0v) is 6.49. The summed E-state index contributed by atoms with van der Waals surface area (Å²) in [4.78, 5) is 10.9. The summed E-state index contributed by atoms with van der Waals surface area (Å²) in [6, 6.07) is 0. The number of rotatable bonds is 2. The van der Waals surface area contributed by atoms with Crippen LogP contribution in [0.4, 0.5) is 0 Å². The topological polar surface area (TPSA) is 53.0 Å². The van der Waals surface area contributed by atoms with Gasteiger partial charge in [-0.2, -0.15) is 0 Å². The summed E-state index contributed by atoms with van der Waals surface area (Å²) in [7, 11) is 1.55. The maximum Gasteiger partial charge on any atom is 0.252 e. The first kappa shape index (κ1) is 8.88. The van der Waals surface area contributed by atoms with Gasteiger partial charge in [-0.15, -0.1) is 0 Å². The van der Waals surface area contributed by atoms with Gasteiger partial charge in [0.25, 0.3) is 5.91 Å². The van der Waals surface area contributed by atoms with Crippen LogP contribution in [0.2, 0.25) is 0 Å². The van der Waals surface area contributed by atoms with Gasteiger partial charge in [-0.05, 0) is 13.8 Å². The number of hydrogen-bond donors (Lipinski definition) is 2. The average Bonchev–Trinajstić information content (AvgIpc) is 1.88. The summed E-state index contributed by atoms with van der Waals surface area (Å²) < 4.78 is 0. The van der Waals surface area contributed by atoms with Crippen molar-refractivity contribution in [3.63, 3.8) is 0 Å². The third-order valence-electron chi connectivity index (χ3n) is 1.15. The third kappa shape index (κ3) is 2.01. The molecule has 0 heterocycles. The first-order valence-corrected chi connectivity index (χ1v) is 3.03. The van der Waals surface area contributed by atoms with Crippen molar-refractivity contribution in [3.05, 3.63) is 11.1 Å². The van der Waals surface area contributed by atoms with Crippen molar-refractivity contribution in [1.82, 2.24) is 5.32 Å². The van der Waals surface area contributed by atoms with Gasteiger partial charge in [0.2, 0.25) is 0 Å². The summed E-state index contributed by atoms with van der Waals surface area (Å²) in [5.74, 6) is -0.199. The molecule has 10 heavy (non-hydrogen) atoms. The van der Waals surface area contributed by atoms with E-state index in [0.29, 0.717) is 5.57 Å². The fraction of sp³-hybridized carbons (Fsp3) is 0.429. The standard InChI is InChI=1S/C7H12N2O/c1-5(2)6(4-8)7(10)9-3/h4,8H,1-3H3,(H,9,10). The second-order valence-electron chi connectivity index (χ2n) is 2.14. The van der Waals surface area contributed by atoms with Crippen molar-refractivity contribution in [3.8, 4) is 0 Å². The molecule has 0 aliphatic rings. The van der Waals surface area contributed by atoms with Crippen LogP contribution in [0.1, 0.15) is 13.8 Å². The van der Waals surface area contributed by atoms with E-state index in [9.17, 15) is 4.79 Å². The van der Waals surface area contributed by atoms with E-state index in [4.69, 9.17) is 5.41 Å². The van der Waals surface area contributed by atoms with Gasteiger partial charge >= 0.3 is 0 Å². The fourth-order valence-corrected chi connectivity index (χ4v) is 0.572. The Bertz CT molecular complexity index is 178. The second-order valence-corrected chi connectivity index (χ2v) is 2.14. The van der Waals surface area contributed by atoms with Gasteiger partial charge in [0.1, 0.15) is 0 Å². The summed E-state index contributed by atoms with van der Waals surface area (Å²) in [6.45, 7) is 3.60. The molecule has 0 spiro atoms. The molecule has 0 fully saturated rings. The van der Waals surface area contributed by atoms with Gasteiger partial charge in [-0.25, -0.2) is 0 Å². The Morgan fingerprint density at radius 2 is 2.00 bits per heavy atom. The summed E-state index contributed by atoms with van der Waals surface area (Å²) >= 11 is 0. The maximum absolute atomic E-state index is 10.9. The summed E-state index contributed by atoms with van der Waals surface area (Å²) in [6.07, 6.45) is 1.06. The van der Waals surface area contributed by atoms with Crippen LogP contribution in [-0.4, -0.2) is 19.2 Å². The Kier molecular flexibility index (Phi) is 3.39. The number of likely N-dealkylation sites (N-methyl/N-ethyl adjacent to an activating group) is 1. The largest absolute Gasteiger partial charge is 0.355 e. The molecule has 0 aliphatic heterocycles. The predicted molar refractivity (Wildman–Crippen MR) is 41.2 cm³/mol. The SMILES string of the molecule is CNC(=O)C(C=N)=C(C)C. The van der Waals surface area contributed by atoms with Gasteiger partial charge in [-0.1, -0.05) is 5.57 Å². The first-order chi connectivity index (χ1) is 4.63. The Morgan fingerprint density at radius 1 is 1.50 bits per heavy atom. The lowest BCUT2D eigenvalue weighted by Gasteiger charge is -1.99. The molecular weight excluding hydrogens is 128 g/mol. The highest BCUT2D eigenvalue weighted by molar-refractivity contribution is 6.11. The van der Waals surface area contributed by atoms with Crippen LogP contribution in [0.5, 0.6) is 0 Å². The van der Waals surface area contributed by atoms with Gasteiger partial charge in [-0.3, -0.25) is 4.79 Å². The second kappa shape index (κ2) is 3.82. The molecule has 0 atom stereocenters. The highest BCUT2D eigenvalue weighted by Crippen LogP contribution is 1.98. The Balaban J connectivity index is 4.53. The van der Waals surface area contributed by atoms with Crippen LogP contribution in [0.25, 0.3) is 0 Å². The molecule has 3 heteroatoms. The van der Waals surface area contributed by atoms with Crippen LogP contribution < -0.4 is 5.32 Å². The van der Waals surface area contributed by atoms with E-state index < -0.39 is 0 Å². The van der Waals surface area contributed by atoms with E-state index in [1.54, 1.807) is 20.9 Å². The van der Waals surface area contributed by atoms with E-state index in [2.05, 4.69) is 5.32 Å². The van der Waals surface area contributed by atoms with Crippen LogP contribution in [-0.2, 0) is 4.79 Å². The van der Waals surface area contributed by atoms with E-state index >= 15 is 0 Å². The molecule has 0 aromatic heterocycles. The van der Waals surface area contributed by atoms with Gasteiger partial charge in [0, 0.05) is 13.3 Å². The monoisotopic (exact) mass is 140 g/mol. The third-order valence-corrected chi connectivity index (χ3v) is 1.15. The molecule has 2 N–H and O–H groups in total. The molecule has 3 nitrogen and oxygen atoms in total. The Labute approximate surface area is 60.6 Å². The van der Waals surface area contributed by atoms with Crippen molar-refractivity contribution in [1.29, 1.82) is 5.41 Å². The maximum atomic E-state index is 10.9. The molecule has 0 aromatic rings. The van der Waals surface area contributed by atoms with Gasteiger partial charge in [0.15, 0.2) is 0 Å². The minimum atomic E-state index is -0.199. The van der Waals surface area contributed by atoms with Crippen molar-refractivity contribution in [2.45, 2.75) is 13.8 Å². The van der Waals surface area contributed by atoms with E-state index in [1.807, 2.05) is 0 Å². The molecule has 0 saturated heterocycles. The molecule has 1 amide bonds. The number of carbonyl (C=O) groups is 1. The molecular formula is C7H12N2O. The van der Waals surface area contributed by atoms with Crippen LogP contribution in [0.15, 0.2) is 11.1 Å². The quantitative estimate of drug-likeness (QED) is 0.431. The average molecular weight is 140 g/mol. The lowest BCUT2D eigenvalue weighted by Crippen LogP contribution is -2.21. The van der Waals surface area contributed by atoms with Crippen molar-refractivity contribution < 1.29 is 4.79 Å². The van der Waals surface area contributed by atoms with E-state index in [1.165, 1.54) is 0 Å².